The van der Waals surface area contributed by atoms with Crippen LogP contribution >= 0.6 is 0 Å². The molecule has 8 heteroatoms. The van der Waals surface area contributed by atoms with Crippen LogP contribution in [0.3, 0.4) is 0 Å². The van der Waals surface area contributed by atoms with Crippen LogP contribution in [0.2, 0.25) is 0 Å². The summed E-state index contributed by atoms with van der Waals surface area (Å²) in [6.07, 6.45) is 6.88. The first-order valence-corrected chi connectivity index (χ1v) is 8.41. The molecule has 3 rings (SSSR count). The molecule has 0 bridgehead atoms. The number of aromatic nitrogens is 2. The number of carbonyl (C=O) groups is 1. The summed E-state index contributed by atoms with van der Waals surface area (Å²) in [6.45, 7) is 0.0499. The van der Waals surface area contributed by atoms with E-state index < -0.39 is 6.55 Å². The molecule has 0 unspecified atom stereocenters. The third-order valence-corrected chi connectivity index (χ3v) is 5.42. The molecule has 0 radical (unpaired) electrons. The zero-order chi connectivity index (χ0) is 17.3. The predicted octanol–water partition coefficient (Wildman–Crippen LogP) is 2.77. The molecule has 2 saturated carbocycles. The van der Waals surface area contributed by atoms with E-state index in [9.17, 15) is 13.6 Å². The third kappa shape index (κ3) is 2.87. The summed E-state index contributed by atoms with van der Waals surface area (Å²) in [5, 5.41) is 3.04. The van der Waals surface area contributed by atoms with Crippen LogP contribution in [0.1, 0.15) is 45.0 Å². The zero-order valence-corrected chi connectivity index (χ0v) is 14.0. The van der Waals surface area contributed by atoms with Gasteiger partial charge < -0.3 is 15.0 Å². The Morgan fingerprint density at radius 3 is 2.92 bits per heavy atom. The number of ether oxygens (including phenoxy) is 1. The first-order chi connectivity index (χ1) is 11.5. The van der Waals surface area contributed by atoms with Gasteiger partial charge in [-0.3, -0.25) is 4.57 Å². The SMILES string of the molecule is CCO[C@H]1C[C@H](NC(=O)N(C)Cc2nccn2C(F)F)C12CCC2. The van der Waals surface area contributed by atoms with Crippen molar-refractivity contribution in [1.29, 1.82) is 0 Å². The highest BCUT2D eigenvalue weighted by Crippen LogP contribution is 2.57. The largest absolute Gasteiger partial charge is 0.378 e. The van der Waals surface area contributed by atoms with Gasteiger partial charge in [-0.25, -0.2) is 9.78 Å². The number of nitrogens with zero attached hydrogens (tertiary/aromatic N) is 3. The first-order valence-electron chi connectivity index (χ1n) is 8.41. The quantitative estimate of drug-likeness (QED) is 0.865. The van der Waals surface area contributed by atoms with Crippen molar-refractivity contribution in [3.05, 3.63) is 18.2 Å². The second kappa shape index (κ2) is 6.66. The van der Waals surface area contributed by atoms with Crippen molar-refractivity contribution < 1.29 is 18.3 Å². The van der Waals surface area contributed by atoms with Gasteiger partial charge in [-0.1, -0.05) is 6.42 Å². The smallest absolute Gasteiger partial charge is 0.319 e. The van der Waals surface area contributed by atoms with E-state index in [1.165, 1.54) is 17.3 Å². The monoisotopic (exact) mass is 342 g/mol. The number of rotatable bonds is 6. The Bertz CT molecular complexity index is 588. The van der Waals surface area contributed by atoms with Crippen molar-refractivity contribution in [1.82, 2.24) is 19.8 Å². The van der Waals surface area contributed by atoms with Gasteiger partial charge in [0.1, 0.15) is 5.82 Å². The number of imidazole rings is 1. The number of hydrogen-bond donors (Lipinski definition) is 1. The van der Waals surface area contributed by atoms with Crippen LogP contribution in [0.4, 0.5) is 13.6 Å². The molecule has 2 aliphatic carbocycles. The molecule has 1 aromatic heterocycles. The fourth-order valence-electron chi connectivity index (χ4n) is 3.83. The van der Waals surface area contributed by atoms with E-state index in [1.54, 1.807) is 7.05 Å². The normalized spacial score (nSPS) is 24.5. The van der Waals surface area contributed by atoms with Crippen molar-refractivity contribution in [2.75, 3.05) is 13.7 Å². The van der Waals surface area contributed by atoms with Crippen LogP contribution < -0.4 is 5.32 Å². The van der Waals surface area contributed by atoms with Gasteiger partial charge in [0.25, 0.3) is 0 Å². The Balaban J connectivity index is 1.56. The van der Waals surface area contributed by atoms with E-state index in [4.69, 9.17) is 4.74 Å². The summed E-state index contributed by atoms with van der Waals surface area (Å²) < 4.78 is 32.2. The molecule has 2 amide bonds. The van der Waals surface area contributed by atoms with Crippen LogP contribution in [0.15, 0.2) is 12.4 Å². The van der Waals surface area contributed by atoms with Crippen molar-refractivity contribution in [3.8, 4) is 0 Å². The van der Waals surface area contributed by atoms with Gasteiger partial charge in [-0.05, 0) is 26.2 Å². The van der Waals surface area contributed by atoms with Crippen LogP contribution in [-0.4, -0.2) is 46.3 Å². The Labute approximate surface area is 140 Å². The molecule has 6 nitrogen and oxygen atoms in total. The molecule has 1 heterocycles. The van der Waals surface area contributed by atoms with E-state index in [0.717, 1.165) is 30.3 Å². The van der Waals surface area contributed by atoms with E-state index in [2.05, 4.69) is 10.3 Å². The topological polar surface area (TPSA) is 59.4 Å². The molecule has 2 aliphatic rings. The minimum atomic E-state index is -2.66. The molecule has 1 aromatic rings. The molecular formula is C16H24F2N4O2. The number of urea groups is 1. The van der Waals surface area contributed by atoms with Crippen molar-refractivity contribution in [3.63, 3.8) is 0 Å². The summed E-state index contributed by atoms with van der Waals surface area (Å²) >= 11 is 0. The number of hydrogen-bond acceptors (Lipinski definition) is 3. The lowest BCUT2D eigenvalue weighted by Gasteiger charge is -2.61. The molecular weight excluding hydrogens is 318 g/mol. The van der Waals surface area contributed by atoms with Crippen molar-refractivity contribution >= 4 is 6.03 Å². The lowest BCUT2D eigenvalue weighted by Crippen LogP contribution is -2.68. The van der Waals surface area contributed by atoms with Gasteiger partial charge in [-0.15, -0.1) is 0 Å². The van der Waals surface area contributed by atoms with E-state index >= 15 is 0 Å². The highest BCUT2D eigenvalue weighted by atomic mass is 19.3. The zero-order valence-electron chi connectivity index (χ0n) is 14.0. The maximum absolute atomic E-state index is 12.8. The molecule has 1 spiro atoms. The van der Waals surface area contributed by atoms with Crippen LogP contribution in [0.25, 0.3) is 0 Å². The molecule has 0 aliphatic heterocycles. The number of amides is 2. The van der Waals surface area contributed by atoms with E-state index in [1.807, 2.05) is 6.92 Å². The standard InChI is InChI=1S/C16H24F2N4O2/c1-3-24-12-9-11(16(12)5-4-6-16)20-15(23)21(2)10-13-19-7-8-22(13)14(17)18/h7-8,11-12,14H,3-6,9-10H2,1-2H3,(H,20,23)/t11-,12-/m0/s1. The van der Waals surface area contributed by atoms with Gasteiger partial charge in [0, 0.05) is 37.5 Å². The van der Waals surface area contributed by atoms with Crippen LogP contribution in [0, 0.1) is 5.41 Å². The minimum Gasteiger partial charge on any atom is -0.378 e. The highest BCUT2D eigenvalue weighted by molar-refractivity contribution is 5.74. The summed E-state index contributed by atoms with van der Waals surface area (Å²) in [7, 11) is 1.59. The maximum atomic E-state index is 12.8. The summed E-state index contributed by atoms with van der Waals surface area (Å²) in [4.78, 5) is 17.7. The molecule has 0 saturated heterocycles. The third-order valence-electron chi connectivity index (χ3n) is 5.42. The molecule has 0 aromatic carbocycles. The summed E-state index contributed by atoms with van der Waals surface area (Å²) in [6, 6.07) is -0.155. The average Bonchev–Trinajstić information content (AvgIpc) is 2.92. The van der Waals surface area contributed by atoms with Gasteiger partial charge in [-0.2, -0.15) is 8.78 Å². The predicted molar refractivity (Wildman–Crippen MR) is 83.6 cm³/mol. The second-order valence-electron chi connectivity index (χ2n) is 6.65. The minimum absolute atomic E-state index is 0.0395. The number of carbonyl (C=O) groups excluding carboxylic acids is 1. The molecule has 2 atom stereocenters. The Morgan fingerprint density at radius 2 is 2.33 bits per heavy atom. The van der Waals surface area contributed by atoms with Gasteiger partial charge in [0.15, 0.2) is 0 Å². The van der Waals surface area contributed by atoms with Crippen LogP contribution in [-0.2, 0) is 11.3 Å². The van der Waals surface area contributed by atoms with E-state index in [0.29, 0.717) is 6.61 Å². The molecule has 1 N–H and O–H groups in total. The van der Waals surface area contributed by atoms with Crippen molar-refractivity contribution in [2.45, 2.75) is 57.8 Å². The van der Waals surface area contributed by atoms with Crippen molar-refractivity contribution in [2.24, 2.45) is 5.41 Å². The molecule has 134 valence electrons. The Kier molecular flexibility index (Phi) is 4.76. The highest BCUT2D eigenvalue weighted by Gasteiger charge is 2.59. The van der Waals surface area contributed by atoms with Gasteiger partial charge >= 0.3 is 12.6 Å². The number of nitrogens with one attached hydrogen (secondary N) is 1. The molecule has 2 fully saturated rings. The number of alkyl halides is 2. The Hall–Kier alpha value is -1.70. The van der Waals surface area contributed by atoms with E-state index in [-0.39, 0.29) is 36.0 Å². The second-order valence-corrected chi connectivity index (χ2v) is 6.65. The lowest BCUT2D eigenvalue weighted by molar-refractivity contribution is -0.169. The lowest BCUT2D eigenvalue weighted by atomic mass is 9.51. The summed E-state index contributed by atoms with van der Waals surface area (Å²) in [5.41, 5.74) is 0.0773. The maximum Gasteiger partial charge on any atom is 0.319 e. The fourth-order valence-corrected chi connectivity index (χ4v) is 3.83. The molecule has 24 heavy (non-hydrogen) atoms. The van der Waals surface area contributed by atoms with Gasteiger partial charge in [0.2, 0.25) is 0 Å². The number of halogens is 2. The Morgan fingerprint density at radius 1 is 1.58 bits per heavy atom. The van der Waals surface area contributed by atoms with Crippen LogP contribution in [0.5, 0.6) is 0 Å². The summed E-state index contributed by atoms with van der Waals surface area (Å²) in [5.74, 6) is 0.168. The first kappa shape index (κ1) is 17.1. The average molecular weight is 342 g/mol. The van der Waals surface area contributed by atoms with Gasteiger partial charge in [0.05, 0.1) is 12.6 Å². The fraction of sp³-hybridized carbons (Fsp3) is 0.750.